The highest BCUT2D eigenvalue weighted by atomic mass is 16.5. The highest BCUT2D eigenvalue weighted by molar-refractivity contribution is 5.81. The Morgan fingerprint density at radius 3 is 2.83 bits per heavy atom. The number of nitrogens with one attached hydrogen (secondary N) is 1. The Bertz CT molecular complexity index is 1400. The van der Waals surface area contributed by atoms with Crippen LogP contribution >= 0.6 is 0 Å². The van der Waals surface area contributed by atoms with Crippen LogP contribution in [0.2, 0.25) is 0 Å². The summed E-state index contributed by atoms with van der Waals surface area (Å²) in [5, 5.41) is 14.0. The molecule has 8 nitrogen and oxygen atoms in total. The van der Waals surface area contributed by atoms with Crippen LogP contribution in [0.1, 0.15) is 68.1 Å². The number of nitrogens with zero attached hydrogens (tertiary/aromatic N) is 5. The molecule has 0 spiro atoms. The van der Waals surface area contributed by atoms with Crippen LogP contribution in [0.5, 0.6) is 5.75 Å². The predicted octanol–water partition coefficient (Wildman–Crippen LogP) is 4.57. The van der Waals surface area contributed by atoms with Crippen molar-refractivity contribution in [1.82, 2.24) is 25.2 Å². The first kappa shape index (κ1) is 21.8. The molecule has 35 heavy (non-hydrogen) atoms. The number of aromatic nitrogens is 5. The Kier molecular flexibility index (Phi) is 5.72. The minimum absolute atomic E-state index is 0.116. The number of tetrazole rings is 1. The van der Waals surface area contributed by atoms with E-state index in [0.29, 0.717) is 12.2 Å². The largest absolute Gasteiger partial charge is 0.494 e. The van der Waals surface area contributed by atoms with E-state index >= 15 is 0 Å². The summed E-state index contributed by atoms with van der Waals surface area (Å²) in [5.74, 6) is 1.52. The lowest BCUT2D eigenvalue weighted by atomic mass is 9.95. The van der Waals surface area contributed by atoms with E-state index in [1.165, 1.54) is 24.8 Å². The topological polar surface area (TPSA) is 88.9 Å². The Hall–Kier alpha value is -3.68. The third kappa shape index (κ3) is 3.96. The van der Waals surface area contributed by atoms with Gasteiger partial charge in [-0.1, -0.05) is 37.5 Å². The molecule has 1 fully saturated rings. The average molecular weight is 471 g/mol. The van der Waals surface area contributed by atoms with E-state index in [4.69, 9.17) is 4.74 Å². The van der Waals surface area contributed by atoms with Crippen LogP contribution in [0.4, 0.5) is 5.69 Å². The number of anilines is 1. The summed E-state index contributed by atoms with van der Waals surface area (Å²) in [5.41, 5.74) is 3.74. The molecule has 2 aromatic heterocycles. The molecule has 180 valence electrons. The van der Waals surface area contributed by atoms with E-state index in [-0.39, 0.29) is 17.6 Å². The zero-order valence-corrected chi connectivity index (χ0v) is 20.0. The van der Waals surface area contributed by atoms with Gasteiger partial charge in [0.25, 0.3) is 5.56 Å². The van der Waals surface area contributed by atoms with Crippen LogP contribution < -0.4 is 15.2 Å². The van der Waals surface area contributed by atoms with E-state index in [9.17, 15) is 4.79 Å². The third-order valence-corrected chi connectivity index (χ3v) is 7.37. The smallest absolute Gasteiger partial charge is 0.254 e. The molecule has 1 aliphatic heterocycles. The summed E-state index contributed by atoms with van der Waals surface area (Å²) in [6.45, 7) is 3.36. The second kappa shape index (κ2) is 9.17. The van der Waals surface area contributed by atoms with Crippen molar-refractivity contribution >= 4 is 16.6 Å². The normalized spacial score (nSPS) is 17.0. The van der Waals surface area contributed by atoms with E-state index in [1.807, 2.05) is 35.9 Å². The van der Waals surface area contributed by atoms with Crippen LogP contribution in [-0.2, 0) is 6.42 Å². The number of rotatable bonds is 6. The van der Waals surface area contributed by atoms with Gasteiger partial charge in [-0.05, 0) is 72.5 Å². The summed E-state index contributed by atoms with van der Waals surface area (Å²) < 4.78 is 7.71. The van der Waals surface area contributed by atoms with Crippen LogP contribution in [-0.4, -0.2) is 38.3 Å². The number of H-pyrrole nitrogens is 1. The molecule has 2 aliphatic rings. The fraction of sp³-hybridized carbons (Fsp3) is 0.407. The van der Waals surface area contributed by atoms with Gasteiger partial charge in [0.1, 0.15) is 11.8 Å². The molecule has 0 bridgehead atoms. The number of fused-ring (bicyclic) bond motifs is 2. The zero-order chi connectivity index (χ0) is 23.8. The van der Waals surface area contributed by atoms with Gasteiger partial charge in [-0.25, -0.2) is 4.68 Å². The molecule has 2 aromatic carbocycles. The van der Waals surface area contributed by atoms with Gasteiger partial charge in [0, 0.05) is 28.7 Å². The quantitative estimate of drug-likeness (QED) is 0.444. The minimum atomic E-state index is -0.389. The molecule has 1 atom stereocenters. The highest BCUT2D eigenvalue weighted by Gasteiger charge is 2.35. The third-order valence-electron chi connectivity index (χ3n) is 7.37. The van der Waals surface area contributed by atoms with Gasteiger partial charge in [-0.15, -0.1) is 5.10 Å². The maximum atomic E-state index is 13.5. The predicted molar refractivity (Wildman–Crippen MR) is 135 cm³/mol. The Balaban J connectivity index is 1.52. The summed E-state index contributed by atoms with van der Waals surface area (Å²) in [6.07, 6.45) is 6.66. The fourth-order valence-corrected chi connectivity index (χ4v) is 5.71. The number of hydrogen-bond donors (Lipinski definition) is 1. The summed E-state index contributed by atoms with van der Waals surface area (Å²) in [7, 11) is 0. The molecular formula is C27H30N6O2. The summed E-state index contributed by atoms with van der Waals surface area (Å²) >= 11 is 0. The number of para-hydroxylation sites is 1. The van der Waals surface area contributed by atoms with E-state index in [1.54, 1.807) is 0 Å². The lowest BCUT2D eigenvalue weighted by Crippen LogP contribution is -2.35. The molecule has 0 unspecified atom stereocenters. The van der Waals surface area contributed by atoms with Crippen LogP contribution in [0.15, 0.2) is 53.3 Å². The van der Waals surface area contributed by atoms with Crippen LogP contribution in [0.25, 0.3) is 10.9 Å². The molecule has 0 saturated heterocycles. The van der Waals surface area contributed by atoms with E-state index in [0.717, 1.165) is 54.0 Å². The Morgan fingerprint density at radius 1 is 1.11 bits per heavy atom. The molecule has 0 radical (unpaired) electrons. The van der Waals surface area contributed by atoms with Gasteiger partial charge in [-0.3, -0.25) is 4.79 Å². The van der Waals surface area contributed by atoms with Crippen molar-refractivity contribution in [3.63, 3.8) is 0 Å². The zero-order valence-electron chi connectivity index (χ0n) is 20.0. The first-order chi connectivity index (χ1) is 17.2. The van der Waals surface area contributed by atoms with Crippen molar-refractivity contribution in [3.8, 4) is 5.75 Å². The molecule has 4 aromatic rings. The molecule has 3 heterocycles. The number of ether oxygens (including phenoxy) is 1. The lowest BCUT2D eigenvalue weighted by Gasteiger charge is -2.31. The van der Waals surface area contributed by atoms with Crippen molar-refractivity contribution in [3.05, 3.63) is 75.8 Å². The van der Waals surface area contributed by atoms with Gasteiger partial charge in [0.15, 0.2) is 5.82 Å². The Morgan fingerprint density at radius 2 is 1.97 bits per heavy atom. The SMILES string of the molecule is CCOc1ccc2[nH]c(=O)c([C@@H](c3nnnn3C3CCCCC3)N3CCc4ccccc43)cc2c1. The van der Waals surface area contributed by atoms with E-state index < -0.39 is 0 Å². The van der Waals surface area contributed by atoms with Crippen molar-refractivity contribution < 1.29 is 4.74 Å². The van der Waals surface area contributed by atoms with Crippen molar-refractivity contribution in [2.24, 2.45) is 0 Å². The van der Waals surface area contributed by atoms with Gasteiger partial charge in [-0.2, -0.15) is 0 Å². The first-order valence-corrected chi connectivity index (χ1v) is 12.6. The monoisotopic (exact) mass is 470 g/mol. The van der Waals surface area contributed by atoms with Crippen LogP contribution in [0, 0.1) is 0 Å². The number of benzene rings is 2. The van der Waals surface area contributed by atoms with Gasteiger partial charge < -0.3 is 14.6 Å². The molecule has 6 rings (SSSR count). The first-order valence-electron chi connectivity index (χ1n) is 12.6. The van der Waals surface area contributed by atoms with Crippen molar-refractivity contribution in [2.75, 3.05) is 18.1 Å². The van der Waals surface area contributed by atoms with E-state index in [2.05, 4.69) is 49.7 Å². The highest BCUT2D eigenvalue weighted by Crippen LogP contribution is 2.39. The second-order valence-corrected chi connectivity index (χ2v) is 9.48. The van der Waals surface area contributed by atoms with Gasteiger partial charge in [0.2, 0.25) is 0 Å². The fourth-order valence-electron chi connectivity index (χ4n) is 5.71. The molecule has 0 amide bonds. The average Bonchev–Trinajstić information content (AvgIpc) is 3.54. The van der Waals surface area contributed by atoms with Crippen LogP contribution in [0.3, 0.4) is 0 Å². The minimum Gasteiger partial charge on any atom is -0.494 e. The summed E-state index contributed by atoms with van der Waals surface area (Å²) in [6, 6.07) is 16.1. The van der Waals surface area contributed by atoms with Crippen molar-refractivity contribution in [2.45, 2.75) is 57.5 Å². The van der Waals surface area contributed by atoms with Gasteiger partial charge in [0.05, 0.1) is 12.6 Å². The number of aromatic amines is 1. The molecule has 8 heteroatoms. The number of pyridine rings is 1. The molecule has 1 saturated carbocycles. The van der Waals surface area contributed by atoms with Crippen molar-refractivity contribution in [1.29, 1.82) is 0 Å². The maximum Gasteiger partial charge on any atom is 0.254 e. The summed E-state index contributed by atoms with van der Waals surface area (Å²) in [4.78, 5) is 18.9. The number of hydrogen-bond acceptors (Lipinski definition) is 6. The molecular weight excluding hydrogens is 440 g/mol. The second-order valence-electron chi connectivity index (χ2n) is 9.48. The standard InChI is InChI=1S/C27H30N6O2/c1-2-35-21-12-13-23-19(16-21)17-22(27(34)28-23)25(32-15-14-18-8-6-7-11-24(18)32)26-29-30-31-33(26)20-9-4-3-5-10-20/h6-8,11-13,16-17,20,25H,2-5,9-10,14-15H2,1H3,(H,28,34)/t25-/m0/s1. The maximum absolute atomic E-state index is 13.5. The molecule has 1 N–H and O–H groups in total. The van der Waals surface area contributed by atoms with Gasteiger partial charge >= 0.3 is 0 Å². The molecule has 1 aliphatic carbocycles. The lowest BCUT2D eigenvalue weighted by molar-refractivity contribution is 0.313. The Labute approximate surface area is 203 Å².